The molecule has 0 aromatic carbocycles. The largest absolute Gasteiger partial charge is 0.463 e. The quantitative estimate of drug-likeness (QED) is 0.225. The summed E-state index contributed by atoms with van der Waals surface area (Å²) in [7, 11) is 0. The van der Waals surface area contributed by atoms with Crippen molar-refractivity contribution in [3.05, 3.63) is 29.6 Å². The number of ether oxygens (including phenoxy) is 9. The number of nitrogens with zero attached hydrogens (tertiary/aromatic N) is 2. The van der Waals surface area contributed by atoms with E-state index in [0.717, 1.165) is 48.5 Å². The van der Waals surface area contributed by atoms with Crippen molar-refractivity contribution < 1.29 is 76.2 Å². The molecule has 0 radical (unpaired) electrons. The highest BCUT2D eigenvalue weighted by atomic mass is 16.7. The molecule has 1 aromatic heterocycles. The van der Waals surface area contributed by atoms with Crippen LogP contribution in [-0.4, -0.2) is 109 Å². The minimum atomic E-state index is -1.66. The van der Waals surface area contributed by atoms with Crippen LogP contribution in [0.25, 0.3) is 0 Å². The van der Waals surface area contributed by atoms with E-state index in [9.17, 15) is 38.8 Å². The first-order chi connectivity index (χ1) is 23.5. The highest BCUT2D eigenvalue weighted by Gasteiger charge is 2.61. The smallest absolute Gasteiger partial charge is 0.303 e. The number of aromatic nitrogens is 1. The van der Waals surface area contributed by atoms with Crippen molar-refractivity contribution in [3.63, 3.8) is 0 Å². The second-order valence-electron chi connectivity index (χ2n) is 11.4. The third-order valence-electron chi connectivity index (χ3n) is 7.42. The van der Waals surface area contributed by atoms with Crippen LogP contribution in [0.4, 0.5) is 0 Å². The fourth-order valence-electron chi connectivity index (χ4n) is 5.85. The standard InChI is InChI=1S/C32H38N2O16/c1-14(35)42-12-23-25(28(45-17(4)38)30(46-18(5)39)26(49-23)22-10-21(11-33)8-9-34-22)29-32(48-20(7)41)31(47-19(6)40)27(44-16(3)37)24(50-29)13-43-15(2)36/h8-10,23-32H,12-13H2,1-7H3/t23-,24-,25-,26-,27-,28+,29?,30+,31+,32+/m1/s1. The number of esters is 7. The number of hydrogen-bond acceptors (Lipinski definition) is 18. The highest BCUT2D eigenvalue weighted by molar-refractivity contribution is 5.69. The van der Waals surface area contributed by atoms with E-state index in [0.29, 0.717) is 0 Å². The highest BCUT2D eigenvalue weighted by Crippen LogP contribution is 2.44. The van der Waals surface area contributed by atoms with E-state index in [2.05, 4.69) is 4.98 Å². The molecule has 0 spiro atoms. The molecule has 3 rings (SSSR count). The van der Waals surface area contributed by atoms with Gasteiger partial charge in [-0.1, -0.05) is 0 Å². The van der Waals surface area contributed by atoms with Gasteiger partial charge in [-0.25, -0.2) is 0 Å². The predicted octanol–water partition coefficient (Wildman–Crippen LogP) is 0.561. The Morgan fingerprint density at radius 1 is 0.640 bits per heavy atom. The van der Waals surface area contributed by atoms with Crippen molar-refractivity contribution in [2.75, 3.05) is 13.2 Å². The Labute approximate surface area is 286 Å². The van der Waals surface area contributed by atoms with Crippen LogP contribution in [0.5, 0.6) is 0 Å². The topological polar surface area (TPSA) is 239 Å². The van der Waals surface area contributed by atoms with Crippen molar-refractivity contribution >= 4 is 41.8 Å². The van der Waals surface area contributed by atoms with Crippen molar-refractivity contribution in [3.8, 4) is 6.07 Å². The summed E-state index contributed by atoms with van der Waals surface area (Å²) in [6.45, 7) is 6.38. The average molecular weight is 707 g/mol. The Hall–Kier alpha value is -5.15. The molecule has 0 aliphatic carbocycles. The van der Waals surface area contributed by atoms with Crippen LogP contribution in [-0.2, 0) is 76.2 Å². The predicted molar refractivity (Wildman–Crippen MR) is 160 cm³/mol. The van der Waals surface area contributed by atoms with Gasteiger partial charge >= 0.3 is 41.8 Å². The third kappa shape index (κ3) is 10.4. The fraction of sp³-hybridized carbons (Fsp3) is 0.594. The number of carbonyl (C=O) groups excluding carboxylic acids is 7. The number of pyridine rings is 1. The summed E-state index contributed by atoms with van der Waals surface area (Å²) in [5, 5.41) is 9.53. The zero-order chi connectivity index (χ0) is 37.3. The summed E-state index contributed by atoms with van der Waals surface area (Å²) < 4.78 is 51.3. The zero-order valence-corrected chi connectivity index (χ0v) is 28.3. The molecular weight excluding hydrogens is 668 g/mol. The molecule has 3 heterocycles. The van der Waals surface area contributed by atoms with Crippen LogP contribution in [0, 0.1) is 17.2 Å². The molecule has 0 N–H and O–H groups in total. The van der Waals surface area contributed by atoms with E-state index in [-0.39, 0.29) is 11.3 Å². The van der Waals surface area contributed by atoms with Gasteiger partial charge in [0.25, 0.3) is 0 Å². The molecular formula is C32H38N2O16. The first-order valence-electron chi connectivity index (χ1n) is 15.3. The van der Waals surface area contributed by atoms with Crippen molar-refractivity contribution in [2.45, 2.75) is 103 Å². The summed E-state index contributed by atoms with van der Waals surface area (Å²) in [5.74, 6) is -7.31. The molecule has 0 amide bonds. The Kier molecular flexibility index (Phi) is 13.7. The number of carbonyl (C=O) groups is 7. The lowest BCUT2D eigenvalue weighted by Crippen LogP contribution is -2.69. The maximum absolute atomic E-state index is 12.7. The molecule has 10 atom stereocenters. The van der Waals surface area contributed by atoms with Crippen LogP contribution in [0.1, 0.15) is 65.8 Å². The molecule has 1 unspecified atom stereocenters. The molecule has 272 valence electrons. The van der Waals surface area contributed by atoms with Gasteiger partial charge in [0.15, 0.2) is 24.4 Å². The van der Waals surface area contributed by atoms with Crippen molar-refractivity contribution in [1.29, 1.82) is 5.26 Å². The van der Waals surface area contributed by atoms with Gasteiger partial charge in [-0.05, 0) is 12.1 Å². The molecule has 0 saturated carbocycles. The fourth-order valence-corrected chi connectivity index (χ4v) is 5.85. The maximum Gasteiger partial charge on any atom is 0.303 e. The number of hydrogen-bond donors (Lipinski definition) is 0. The van der Waals surface area contributed by atoms with E-state index in [1.165, 1.54) is 18.3 Å². The molecule has 18 heteroatoms. The van der Waals surface area contributed by atoms with Crippen LogP contribution in [0.3, 0.4) is 0 Å². The molecule has 2 fully saturated rings. The van der Waals surface area contributed by atoms with Gasteiger partial charge < -0.3 is 42.6 Å². The monoisotopic (exact) mass is 706 g/mol. The molecule has 1 aromatic rings. The Balaban J connectivity index is 2.33. The van der Waals surface area contributed by atoms with Gasteiger partial charge in [0.2, 0.25) is 0 Å². The van der Waals surface area contributed by atoms with E-state index < -0.39 is 116 Å². The second-order valence-corrected chi connectivity index (χ2v) is 11.4. The summed E-state index contributed by atoms with van der Waals surface area (Å²) in [4.78, 5) is 90.7. The van der Waals surface area contributed by atoms with Crippen LogP contribution >= 0.6 is 0 Å². The van der Waals surface area contributed by atoms with Crippen molar-refractivity contribution in [2.24, 2.45) is 5.92 Å². The lowest BCUT2D eigenvalue weighted by molar-refractivity contribution is -0.299. The first-order valence-corrected chi connectivity index (χ1v) is 15.3. The maximum atomic E-state index is 12.7. The van der Waals surface area contributed by atoms with Crippen LogP contribution in [0.2, 0.25) is 0 Å². The van der Waals surface area contributed by atoms with Gasteiger partial charge in [-0.15, -0.1) is 0 Å². The van der Waals surface area contributed by atoms with Crippen LogP contribution in [0.15, 0.2) is 18.3 Å². The Bertz CT molecular complexity index is 1510. The Morgan fingerprint density at radius 2 is 1.12 bits per heavy atom. The van der Waals surface area contributed by atoms with E-state index in [1.807, 2.05) is 6.07 Å². The summed E-state index contributed by atoms with van der Waals surface area (Å²) >= 11 is 0. The van der Waals surface area contributed by atoms with Gasteiger partial charge in [0, 0.05) is 54.7 Å². The third-order valence-corrected chi connectivity index (χ3v) is 7.42. The molecule has 18 nitrogen and oxygen atoms in total. The van der Waals surface area contributed by atoms with Gasteiger partial charge in [-0.2, -0.15) is 5.26 Å². The van der Waals surface area contributed by atoms with Gasteiger partial charge in [0.05, 0.1) is 23.2 Å². The van der Waals surface area contributed by atoms with E-state index in [1.54, 1.807) is 0 Å². The minimum absolute atomic E-state index is 0.0697. The summed E-state index contributed by atoms with van der Waals surface area (Å²) in [5.41, 5.74) is 0.225. The summed E-state index contributed by atoms with van der Waals surface area (Å²) in [6, 6.07) is 4.73. The van der Waals surface area contributed by atoms with E-state index in [4.69, 9.17) is 42.6 Å². The lowest BCUT2D eigenvalue weighted by atomic mass is 9.76. The van der Waals surface area contributed by atoms with Crippen molar-refractivity contribution in [1.82, 2.24) is 4.98 Å². The first kappa shape index (κ1) is 39.3. The summed E-state index contributed by atoms with van der Waals surface area (Å²) in [6.07, 6.45) is -12.3. The zero-order valence-electron chi connectivity index (χ0n) is 28.3. The molecule has 0 bridgehead atoms. The minimum Gasteiger partial charge on any atom is -0.463 e. The Morgan fingerprint density at radius 3 is 1.64 bits per heavy atom. The SMILES string of the molecule is CC(=O)OC[C@H]1OC([C@H]2[C@H](OC(C)=O)[C@@H](OC(C)=O)[C@@H](c3cc(C#N)ccn3)O[C@@H]2COC(C)=O)[C@H](OC(C)=O)[C@@H](OC(C)=O)[C@@H]1OC(C)=O. The molecule has 50 heavy (non-hydrogen) atoms. The normalized spacial score (nSPS) is 28.8. The number of rotatable bonds is 11. The second kappa shape index (κ2) is 17.5. The van der Waals surface area contributed by atoms with Gasteiger partial charge in [0.1, 0.15) is 43.7 Å². The van der Waals surface area contributed by atoms with Gasteiger partial charge in [-0.3, -0.25) is 38.5 Å². The van der Waals surface area contributed by atoms with E-state index >= 15 is 0 Å². The van der Waals surface area contributed by atoms with Crippen LogP contribution < -0.4 is 0 Å². The lowest BCUT2D eigenvalue weighted by Gasteiger charge is -2.52. The molecule has 2 aliphatic rings. The molecule has 2 saturated heterocycles. The average Bonchev–Trinajstić information content (AvgIpc) is 3.01. The number of nitriles is 1. The molecule has 2 aliphatic heterocycles.